The summed E-state index contributed by atoms with van der Waals surface area (Å²) in [5.41, 5.74) is 2.45. The topological polar surface area (TPSA) is 107 Å². The highest BCUT2D eigenvalue weighted by Gasteiger charge is 2.32. The minimum Gasteiger partial charge on any atom is -0.463 e. The lowest BCUT2D eigenvalue weighted by atomic mass is 10.1. The minimum atomic E-state index is -3.15. The zero-order valence-electron chi connectivity index (χ0n) is 18.0. The molecular formula is C23H21FN4O4S. The van der Waals surface area contributed by atoms with Crippen LogP contribution in [0.3, 0.4) is 0 Å². The largest absolute Gasteiger partial charge is 0.463 e. The number of amides is 1. The first-order chi connectivity index (χ1) is 15.7. The molecule has 1 amide bonds. The highest BCUT2D eigenvalue weighted by atomic mass is 32.2. The number of nitrogens with zero attached hydrogens (tertiary/aromatic N) is 3. The van der Waals surface area contributed by atoms with Gasteiger partial charge < -0.3 is 9.73 Å². The maximum atomic E-state index is 14.0. The van der Waals surface area contributed by atoms with Crippen molar-refractivity contribution in [1.82, 2.24) is 14.8 Å². The Kier molecular flexibility index (Phi) is 5.04. The van der Waals surface area contributed by atoms with Gasteiger partial charge >= 0.3 is 0 Å². The molecular weight excluding hydrogens is 447 g/mol. The predicted octanol–water partition coefficient (Wildman–Crippen LogP) is 4.06. The molecule has 1 aromatic carbocycles. The van der Waals surface area contributed by atoms with E-state index >= 15 is 0 Å². The number of aryl methyl sites for hydroxylation is 2. The van der Waals surface area contributed by atoms with Gasteiger partial charge in [0, 0.05) is 5.69 Å². The molecule has 0 saturated carbocycles. The first-order valence-electron chi connectivity index (χ1n) is 10.4. The van der Waals surface area contributed by atoms with Gasteiger partial charge in [-0.15, -0.1) is 0 Å². The lowest BCUT2D eigenvalue weighted by Crippen LogP contribution is -2.15. The molecule has 1 aliphatic rings. The van der Waals surface area contributed by atoms with Crippen molar-refractivity contribution in [2.75, 3.05) is 16.8 Å². The third-order valence-electron chi connectivity index (χ3n) is 5.84. The summed E-state index contributed by atoms with van der Waals surface area (Å²) in [4.78, 5) is 18.0. The Balaban J connectivity index is 1.65. The van der Waals surface area contributed by atoms with Crippen molar-refractivity contribution in [3.05, 3.63) is 65.3 Å². The molecule has 5 rings (SSSR count). The standard InChI is InChI=1S/C23H21FN4O4S/c1-13-5-6-15(10-18(13)24)25-23(29)17-11-19(20-4-3-8-32-20)26-22-21(17)14(2)27-28(22)16-7-9-33(30,31)12-16/h3-6,8,10-11,16H,7,9,12H2,1-2H3,(H,25,29). The molecule has 4 heterocycles. The summed E-state index contributed by atoms with van der Waals surface area (Å²) in [5, 5.41) is 7.81. The number of anilines is 1. The molecule has 1 unspecified atom stereocenters. The van der Waals surface area contributed by atoms with Crippen molar-refractivity contribution < 1.29 is 22.0 Å². The van der Waals surface area contributed by atoms with Gasteiger partial charge in [-0.25, -0.2) is 22.5 Å². The molecule has 0 radical (unpaired) electrons. The Morgan fingerprint density at radius 1 is 1.24 bits per heavy atom. The highest BCUT2D eigenvalue weighted by Crippen LogP contribution is 2.32. The van der Waals surface area contributed by atoms with E-state index in [1.165, 1.54) is 12.3 Å². The van der Waals surface area contributed by atoms with Crippen molar-refractivity contribution in [1.29, 1.82) is 0 Å². The maximum Gasteiger partial charge on any atom is 0.256 e. The van der Waals surface area contributed by atoms with Gasteiger partial charge in [0.25, 0.3) is 5.91 Å². The molecule has 1 saturated heterocycles. The number of aromatic nitrogens is 3. The summed E-state index contributed by atoms with van der Waals surface area (Å²) in [6, 6.07) is 9.14. The second kappa shape index (κ2) is 7.80. The molecule has 1 atom stereocenters. The molecule has 3 aromatic heterocycles. The smallest absolute Gasteiger partial charge is 0.256 e. The molecule has 33 heavy (non-hydrogen) atoms. The van der Waals surface area contributed by atoms with E-state index in [1.807, 2.05) is 0 Å². The van der Waals surface area contributed by atoms with Crippen LogP contribution in [0.2, 0.25) is 0 Å². The first kappa shape index (κ1) is 21.3. The summed E-state index contributed by atoms with van der Waals surface area (Å²) in [7, 11) is -3.15. The molecule has 4 aromatic rings. The summed E-state index contributed by atoms with van der Waals surface area (Å²) >= 11 is 0. The third-order valence-corrected chi connectivity index (χ3v) is 7.59. The van der Waals surface area contributed by atoms with E-state index in [0.29, 0.717) is 45.9 Å². The van der Waals surface area contributed by atoms with E-state index in [1.54, 1.807) is 48.9 Å². The fourth-order valence-electron chi connectivity index (χ4n) is 4.13. The number of carbonyl (C=O) groups is 1. The Morgan fingerprint density at radius 2 is 2.06 bits per heavy atom. The van der Waals surface area contributed by atoms with Gasteiger partial charge in [0.2, 0.25) is 0 Å². The second-order valence-corrected chi connectivity index (χ2v) is 10.5. The number of rotatable bonds is 4. The molecule has 0 aliphatic carbocycles. The van der Waals surface area contributed by atoms with Crippen molar-refractivity contribution in [2.24, 2.45) is 0 Å². The Morgan fingerprint density at radius 3 is 2.73 bits per heavy atom. The number of hydrogen-bond acceptors (Lipinski definition) is 6. The van der Waals surface area contributed by atoms with E-state index in [2.05, 4.69) is 15.4 Å². The third kappa shape index (κ3) is 3.91. The van der Waals surface area contributed by atoms with Crippen LogP contribution in [0.5, 0.6) is 0 Å². The summed E-state index contributed by atoms with van der Waals surface area (Å²) in [6.45, 7) is 3.39. The van der Waals surface area contributed by atoms with Gasteiger partial charge in [-0.1, -0.05) is 6.07 Å². The number of fused-ring (bicyclic) bond motifs is 1. The van der Waals surface area contributed by atoms with Crippen LogP contribution < -0.4 is 5.32 Å². The zero-order valence-corrected chi connectivity index (χ0v) is 18.8. The van der Waals surface area contributed by atoms with Crippen LogP contribution >= 0.6 is 0 Å². The molecule has 1 fully saturated rings. The van der Waals surface area contributed by atoms with Crippen molar-refractivity contribution >= 4 is 32.5 Å². The lowest BCUT2D eigenvalue weighted by Gasteiger charge is -2.12. The van der Waals surface area contributed by atoms with Gasteiger partial charge in [0.05, 0.1) is 40.5 Å². The van der Waals surface area contributed by atoms with Crippen LogP contribution in [0, 0.1) is 19.7 Å². The van der Waals surface area contributed by atoms with Gasteiger partial charge in [-0.05, 0) is 56.2 Å². The number of nitrogens with one attached hydrogen (secondary N) is 1. The van der Waals surface area contributed by atoms with Gasteiger partial charge in [-0.3, -0.25) is 4.79 Å². The summed E-state index contributed by atoms with van der Waals surface area (Å²) in [5.74, 6) is -0.366. The predicted molar refractivity (Wildman–Crippen MR) is 121 cm³/mol. The summed E-state index contributed by atoms with van der Waals surface area (Å²) in [6.07, 6.45) is 1.93. The van der Waals surface area contributed by atoms with Crippen LogP contribution in [-0.4, -0.2) is 40.6 Å². The van der Waals surface area contributed by atoms with Crippen LogP contribution in [0.1, 0.15) is 34.1 Å². The molecule has 10 heteroatoms. The van der Waals surface area contributed by atoms with Crippen LogP contribution in [0.4, 0.5) is 10.1 Å². The number of halogens is 1. The molecule has 1 N–H and O–H groups in total. The van der Waals surface area contributed by atoms with Crippen LogP contribution in [-0.2, 0) is 9.84 Å². The molecule has 170 valence electrons. The van der Waals surface area contributed by atoms with E-state index in [4.69, 9.17) is 4.42 Å². The second-order valence-electron chi connectivity index (χ2n) is 8.24. The number of benzene rings is 1. The van der Waals surface area contributed by atoms with E-state index in [-0.39, 0.29) is 23.1 Å². The first-order valence-corrected chi connectivity index (χ1v) is 12.3. The lowest BCUT2D eigenvalue weighted by molar-refractivity contribution is 0.102. The van der Waals surface area contributed by atoms with Crippen molar-refractivity contribution in [3.8, 4) is 11.5 Å². The quantitative estimate of drug-likeness (QED) is 0.484. The van der Waals surface area contributed by atoms with Crippen LogP contribution in [0.25, 0.3) is 22.5 Å². The Hall–Kier alpha value is -3.53. The van der Waals surface area contributed by atoms with E-state index < -0.39 is 21.6 Å². The van der Waals surface area contributed by atoms with E-state index in [0.717, 1.165) is 0 Å². The summed E-state index contributed by atoms with van der Waals surface area (Å²) < 4.78 is 45.2. The molecule has 8 nitrogen and oxygen atoms in total. The van der Waals surface area contributed by atoms with E-state index in [9.17, 15) is 17.6 Å². The normalized spacial score (nSPS) is 17.5. The van der Waals surface area contributed by atoms with Crippen molar-refractivity contribution in [3.63, 3.8) is 0 Å². The number of carbonyl (C=O) groups excluding carboxylic acids is 1. The SMILES string of the molecule is Cc1ccc(NC(=O)c2cc(-c3ccco3)nc3c2c(C)nn3C2CCS(=O)(=O)C2)cc1F. The Bertz CT molecular complexity index is 1490. The van der Waals surface area contributed by atoms with Crippen molar-refractivity contribution in [2.45, 2.75) is 26.3 Å². The van der Waals surface area contributed by atoms with Gasteiger partial charge in [0.1, 0.15) is 11.5 Å². The number of hydrogen-bond donors (Lipinski definition) is 1. The fourth-order valence-corrected chi connectivity index (χ4v) is 5.83. The number of pyridine rings is 1. The average molecular weight is 469 g/mol. The number of sulfone groups is 1. The van der Waals surface area contributed by atoms with Crippen LogP contribution in [0.15, 0.2) is 47.1 Å². The highest BCUT2D eigenvalue weighted by molar-refractivity contribution is 7.91. The molecule has 0 bridgehead atoms. The Labute approximate surface area is 189 Å². The minimum absolute atomic E-state index is 0.0277. The molecule has 0 spiro atoms. The average Bonchev–Trinajstić information content (AvgIpc) is 3.49. The number of furan rings is 1. The maximum absolute atomic E-state index is 14.0. The van der Waals surface area contributed by atoms with Gasteiger partial charge in [-0.2, -0.15) is 5.10 Å². The molecule has 1 aliphatic heterocycles. The fraction of sp³-hybridized carbons (Fsp3) is 0.261. The monoisotopic (exact) mass is 468 g/mol. The van der Waals surface area contributed by atoms with Gasteiger partial charge in [0.15, 0.2) is 21.2 Å². The zero-order chi connectivity index (χ0) is 23.3.